The van der Waals surface area contributed by atoms with Crippen LogP contribution in [-0.4, -0.2) is 12.6 Å². The summed E-state index contributed by atoms with van der Waals surface area (Å²) in [6.45, 7) is 7.89. The van der Waals surface area contributed by atoms with Gasteiger partial charge in [-0.1, -0.05) is 32.4 Å². The molecule has 20 heavy (non-hydrogen) atoms. The Morgan fingerprint density at radius 2 is 2.20 bits per heavy atom. The molecule has 1 heterocycles. The van der Waals surface area contributed by atoms with Gasteiger partial charge in [-0.25, -0.2) is 0 Å². The van der Waals surface area contributed by atoms with E-state index in [0.29, 0.717) is 12.1 Å². The molecule has 2 nitrogen and oxygen atoms in total. The molecule has 0 saturated heterocycles. The predicted octanol–water partition coefficient (Wildman–Crippen LogP) is 4.10. The van der Waals surface area contributed by atoms with Gasteiger partial charge in [-0.3, -0.25) is 0 Å². The van der Waals surface area contributed by atoms with E-state index in [1.807, 2.05) is 0 Å². The van der Waals surface area contributed by atoms with Crippen molar-refractivity contribution in [1.82, 2.24) is 5.32 Å². The van der Waals surface area contributed by atoms with Crippen molar-refractivity contribution in [1.29, 1.82) is 0 Å². The van der Waals surface area contributed by atoms with Gasteiger partial charge < -0.3 is 10.1 Å². The molecule has 3 rings (SSSR count). The van der Waals surface area contributed by atoms with Crippen molar-refractivity contribution in [3.63, 3.8) is 0 Å². The first kappa shape index (κ1) is 13.9. The van der Waals surface area contributed by atoms with E-state index in [0.717, 1.165) is 30.6 Å². The van der Waals surface area contributed by atoms with E-state index in [9.17, 15) is 0 Å². The highest BCUT2D eigenvalue weighted by atomic mass is 16.5. The highest BCUT2D eigenvalue weighted by Crippen LogP contribution is 2.35. The van der Waals surface area contributed by atoms with Crippen LogP contribution in [-0.2, 0) is 6.42 Å². The van der Waals surface area contributed by atoms with E-state index in [2.05, 4.69) is 44.3 Å². The van der Waals surface area contributed by atoms with Gasteiger partial charge in [0, 0.05) is 18.5 Å². The molecule has 1 aliphatic carbocycles. The Morgan fingerprint density at radius 3 is 2.95 bits per heavy atom. The third-order valence-electron chi connectivity index (χ3n) is 5.43. The van der Waals surface area contributed by atoms with Crippen LogP contribution >= 0.6 is 0 Å². The first-order valence-electron chi connectivity index (χ1n) is 8.20. The van der Waals surface area contributed by atoms with Crippen molar-refractivity contribution >= 4 is 0 Å². The van der Waals surface area contributed by atoms with Crippen LogP contribution in [0.4, 0.5) is 0 Å². The van der Waals surface area contributed by atoms with Crippen molar-refractivity contribution in [2.45, 2.75) is 58.5 Å². The Balaban J connectivity index is 1.66. The van der Waals surface area contributed by atoms with Gasteiger partial charge in [0.25, 0.3) is 0 Å². The summed E-state index contributed by atoms with van der Waals surface area (Å²) in [4.78, 5) is 0. The molecule has 4 unspecified atom stereocenters. The molecule has 1 aliphatic heterocycles. The molecule has 1 fully saturated rings. The molecule has 0 spiro atoms. The number of ether oxygens (including phenoxy) is 1. The molecule has 0 aromatic heterocycles. The highest BCUT2D eigenvalue weighted by molar-refractivity contribution is 5.40. The van der Waals surface area contributed by atoms with Gasteiger partial charge in [0.15, 0.2) is 0 Å². The van der Waals surface area contributed by atoms with Crippen LogP contribution < -0.4 is 10.1 Å². The Morgan fingerprint density at radius 1 is 1.35 bits per heavy atom. The van der Waals surface area contributed by atoms with Gasteiger partial charge in [0.1, 0.15) is 5.75 Å². The minimum Gasteiger partial charge on any atom is -0.493 e. The molecule has 4 atom stereocenters. The van der Waals surface area contributed by atoms with Crippen molar-refractivity contribution in [3.05, 3.63) is 29.3 Å². The van der Waals surface area contributed by atoms with E-state index in [-0.39, 0.29) is 0 Å². The monoisotopic (exact) mass is 273 g/mol. The summed E-state index contributed by atoms with van der Waals surface area (Å²) < 4.78 is 5.59. The van der Waals surface area contributed by atoms with E-state index >= 15 is 0 Å². The molecule has 0 amide bonds. The molecule has 1 N–H and O–H groups in total. The zero-order valence-electron chi connectivity index (χ0n) is 13.0. The molecular formula is C18H27NO. The number of nitrogens with one attached hydrogen (secondary N) is 1. The SMILES string of the molecule is CCC1CCC(NC(C)c2ccc3c(c2)CCO3)C1C. The van der Waals surface area contributed by atoms with Crippen LogP contribution in [0.3, 0.4) is 0 Å². The molecule has 1 aromatic rings. The largest absolute Gasteiger partial charge is 0.493 e. The maximum atomic E-state index is 5.59. The average molecular weight is 273 g/mol. The topological polar surface area (TPSA) is 21.3 Å². The van der Waals surface area contributed by atoms with Gasteiger partial charge in [-0.05, 0) is 48.8 Å². The van der Waals surface area contributed by atoms with Crippen LogP contribution in [0.15, 0.2) is 18.2 Å². The number of rotatable bonds is 4. The quantitative estimate of drug-likeness (QED) is 0.892. The zero-order chi connectivity index (χ0) is 14.1. The summed E-state index contributed by atoms with van der Waals surface area (Å²) >= 11 is 0. The molecule has 110 valence electrons. The Kier molecular flexibility index (Phi) is 4.02. The predicted molar refractivity (Wildman–Crippen MR) is 83.2 cm³/mol. The Labute approximate surface area is 122 Å². The van der Waals surface area contributed by atoms with Gasteiger partial charge in [-0.15, -0.1) is 0 Å². The van der Waals surface area contributed by atoms with Crippen molar-refractivity contribution < 1.29 is 4.74 Å². The average Bonchev–Trinajstić information content (AvgIpc) is 3.05. The lowest BCUT2D eigenvalue weighted by Crippen LogP contribution is -2.34. The summed E-state index contributed by atoms with van der Waals surface area (Å²) in [7, 11) is 0. The van der Waals surface area contributed by atoms with E-state index < -0.39 is 0 Å². The van der Waals surface area contributed by atoms with Crippen LogP contribution in [0.25, 0.3) is 0 Å². The van der Waals surface area contributed by atoms with Gasteiger partial charge in [0.05, 0.1) is 6.61 Å². The maximum absolute atomic E-state index is 5.59. The van der Waals surface area contributed by atoms with Gasteiger partial charge in [0.2, 0.25) is 0 Å². The lowest BCUT2D eigenvalue weighted by Gasteiger charge is -2.25. The van der Waals surface area contributed by atoms with Crippen LogP contribution in [0.5, 0.6) is 5.75 Å². The molecule has 1 saturated carbocycles. The third-order valence-corrected chi connectivity index (χ3v) is 5.43. The highest BCUT2D eigenvalue weighted by Gasteiger charge is 2.32. The van der Waals surface area contributed by atoms with Crippen molar-refractivity contribution in [2.75, 3.05) is 6.61 Å². The van der Waals surface area contributed by atoms with Crippen LogP contribution in [0.2, 0.25) is 0 Å². The van der Waals surface area contributed by atoms with Crippen LogP contribution in [0, 0.1) is 11.8 Å². The second-order valence-corrected chi connectivity index (χ2v) is 6.57. The molecule has 0 radical (unpaired) electrons. The summed E-state index contributed by atoms with van der Waals surface area (Å²) in [5.41, 5.74) is 2.78. The molecular weight excluding hydrogens is 246 g/mol. The number of hydrogen-bond acceptors (Lipinski definition) is 2. The smallest absolute Gasteiger partial charge is 0.122 e. The number of fused-ring (bicyclic) bond motifs is 1. The van der Waals surface area contributed by atoms with E-state index in [1.54, 1.807) is 0 Å². The summed E-state index contributed by atoms with van der Waals surface area (Å²) in [5, 5.41) is 3.86. The lowest BCUT2D eigenvalue weighted by molar-refractivity contribution is 0.327. The number of hydrogen-bond donors (Lipinski definition) is 1. The standard InChI is InChI=1S/C18H27NO/c1-4-14-5-7-17(12(14)2)19-13(3)15-6-8-18-16(11-15)9-10-20-18/h6,8,11-14,17,19H,4-5,7,9-10H2,1-3H3. The third kappa shape index (κ3) is 2.58. The fourth-order valence-corrected chi connectivity index (χ4v) is 3.95. The Bertz CT molecular complexity index is 470. The maximum Gasteiger partial charge on any atom is 0.122 e. The van der Waals surface area contributed by atoms with Crippen molar-refractivity contribution in [2.24, 2.45) is 11.8 Å². The summed E-state index contributed by atoms with van der Waals surface area (Å²) in [6, 6.07) is 7.81. The van der Waals surface area contributed by atoms with E-state index in [1.165, 1.54) is 30.4 Å². The second-order valence-electron chi connectivity index (χ2n) is 6.57. The molecule has 1 aromatic carbocycles. The lowest BCUT2D eigenvalue weighted by atomic mass is 9.93. The first-order chi connectivity index (χ1) is 9.69. The molecule has 2 heteroatoms. The molecule has 2 aliphatic rings. The van der Waals surface area contributed by atoms with E-state index in [4.69, 9.17) is 4.74 Å². The number of benzene rings is 1. The van der Waals surface area contributed by atoms with Gasteiger partial charge in [-0.2, -0.15) is 0 Å². The van der Waals surface area contributed by atoms with Crippen molar-refractivity contribution in [3.8, 4) is 5.75 Å². The Hall–Kier alpha value is -1.02. The summed E-state index contributed by atoms with van der Waals surface area (Å²) in [5.74, 6) is 2.80. The van der Waals surface area contributed by atoms with Crippen LogP contribution in [0.1, 0.15) is 57.2 Å². The molecule has 0 bridgehead atoms. The fourth-order valence-electron chi connectivity index (χ4n) is 3.95. The first-order valence-corrected chi connectivity index (χ1v) is 8.20. The minimum atomic E-state index is 0.434. The minimum absolute atomic E-state index is 0.434. The summed E-state index contributed by atoms with van der Waals surface area (Å²) in [6.07, 6.45) is 5.11. The van der Waals surface area contributed by atoms with Gasteiger partial charge >= 0.3 is 0 Å². The normalized spacial score (nSPS) is 30.1. The fraction of sp³-hybridized carbons (Fsp3) is 0.667. The second kappa shape index (κ2) is 5.77. The zero-order valence-corrected chi connectivity index (χ0v) is 13.0.